The lowest BCUT2D eigenvalue weighted by Gasteiger charge is -2.40. The molecule has 0 bridgehead atoms. The van der Waals surface area contributed by atoms with Crippen molar-refractivity contribution in [2.45, 2.75) is 52.4 Å². The van der Waals surface area contributed by atoms with Crippen LogP contribution >= 0.6 is 0 Å². The molecule has 0 aliphatic heterocycles. The minimum Gasteiger partial charge on any atom is -0.330 e. The van der Waals surface area contributed by atoms with Crippen molar-refractivity contribution in [1.82, 2.24) is 0 Å². The summed E-state index contributed by atoms with van der Waals surface area (Å²) in [4.78, 5) is 0. The fourth-order valence-corrected chi connectivity index (χ4v) is 3.39. The second-order valence-electron chi connectivity index (χ2n) is 5.68. The van der Waals surface area contributed by atoms with Crippen molar-refractivity contribution < 1.29 is 0 Å². The molecule has 0 heterocycles. The Labute approximate surface area is 101 Å². The largest absolute Gasteiger partial charge is 0.330 e. The van der Waals surface area contributed by atoms with Gasteiger partial charge >= 0.3 is 0 Å². The van der Waals surface area contributed by atoms with Crippen LogP contribution in [0.25, 0.3) is 0 Å². The molecule has 0 spiro atoms. The third-order valence-corrected chi connectivity index (χ3v) is 4.78. The first-order valence-corrected chi connectivity index (χ1v) is 7.10. The molecule has 1 aliphatic rings. The number of hydrogen-bond donors (Lipinski definition) is 2. The SMILES string of the molecule is CC1C(CCCN)CCC(CCCN)C1C. The highest BCUT2D eigenvalue weighted by Gasteiger charge is 2.32. The fraction of sp³-hybridized carbons (Fsp3) is 1.00. The third-order valence-electron chi connectivity index (χ3n) is 4.78. The van der Waals surface area contributed by atoms with Gasteiger partial charge < -0.3 is 11.5 Å². The summed E-state index contributed by atoms with van der Waals surface area (Å²) in [7, 11) is 0. The van der Waals surface area contributed by atoms with Crippen molar-refractivity contribution in [3.05, 3.63) is 0 Å². The highest BCUT2D eigenvalue weighted by molar-refractivity contribution is 4.83. The van der Waals surface area contributed by atoms with Crippen molar-refractivity contribution >= 4 is 0 Å². The third kappa shape index (κ3) is 3.74. The zero-order valence-electron chi connectivity index (χ0n) is 11.1. The normalized spacial score (nSPS) is 35.2. The van der Waals surface area contributed by atoms with Gasteiger partial charge in [-0.2, -0.15) is 0 Å². The summed E-state index contributed by atoms with van der Waals surface area (Å²) in [5.41, 5.74) is 11.2. The Bertz CT molecular complexity index is 162. The maximum Gasteiger partial charge on any atom is -0.00772 e. The molecule has 0 aromatic heterocycles. The maximum absolute atomic E-state index is 5.60. The van der Waals surface area contributed by atoms with E-state index in [2.05, 4.69) is 13.8 Å². The molecule has 0 aromatic rings. The minimum absolute atomic E-state index is 0.855. The molecule has 4 N–H and O–H groups in total. The number of nitrogens with two attached hydrogens (primary N) is 2. The van der Waals surface area contributed by atoms with Gasteiger partial charge in [0.1, 0.15) is 0 Å². The van der Waals surface area contributed by atoms with Crippen molar-refractivity contribution in [3.63, 3.8) is 0 Å². The van der Waals surface area contributed by atoms with Crippen LogP contribution in [0.5, 0.6) is 0 Å². The van der Waals surface area contributed by atoms with Gasteiger partial charge in [0.05, 0.1) is 0 Å². The van der Waals surface area contributed by atoms with Crippen LogP contribution in [-0.2, 0) is 0 Å². The summed E-state index contributed by atoms with van der Waals surface area (Å²) in [5, 5.41) is 0. The second kappa shape index (κ2) is 7.29. The van der Waals surface area contributed by atoms with Gasteiger partial charge in [-0.3, -0.25) is 0 Å². The quantitative estimate of drug-likeness (QED) is 0.731. The molecule has 1 rings (SSSR count). The zero-order valence-corrected chi connectivity index (χ0v) is 11.1. The van der Waals surface area contributed by atoms with Crippen molar-refractivity contribution in [3.8, 4) is 0 Å². The molecule has 16 heavy (non-hydrogen) atoms. The summed E-state index contributed by atoms with van der Waals surface area (Å²) in [6.45, 7) is 6.60. The van der Waals surface area contributed by atoms with Gasteiger partial charge in [0, 0.05) is 0 Å². The van der Waals surface area contributed by atoms with Crippen LogP contribution < -0.4 is 11.5 Å². The van der Waals surface area contributed by atoms with E-state index in [1.165, 1.54) is 38.5 Å². The molecule has 4 unspecified atom stereocenters. The number of rotatable bonds is 6. The van der Waals surface area contributed by atoms with Crippen LogP contribution in [-0.4, -0.2) is 13.1 Å². The molecular weight excluding hydrogens is 196 g/mol. The Balaban J connectivity index is 2.38. The fourth-order valence-electron chi connectivity index (χ4n) is 3.39. The van der Waals surface area contributed by atoms with E-state index in [0.29, 0.717) is 0 Å². The predicted molar refractivity (Wildman–Crippen MR) is 71.1 cm³/mol. The summed E-state index contributed by atoms with van der Waals surface area (Å²) >= 11 is 0. The summed E-state index contributed by atoms with van der Waals surface area (Å²) in [6.07, 6.45) is 7.92. The number of hydrogen-bond acceptors (Lipinski definition) is 2. The van der Waals surface area contributed by atoms with E-state index in [-0.39, 0.29) is 0 Å². The Hall–Kier alpha value is -0.0800. The van der Waals surface area contributed by atoms with E-state index >= 15 is 0 Å². The minimum atomic E-state index is 0.855. The maximum atomic E-state index is 5.60. The molecule has 1 aliphatic carbocycles. The predicted octanol–water partition coefficient (Wildman–Crippen LogP) is 2.76. The first kappa shape index (κ1) is 14.0. The van der Waals surface area contributed by atoms with Crippen LogP contribution in [0.1, 0.15) is 52.4 Å². The van der Waals surface area contributed by atoms with Crippen molar-refractivity contribution in [1.29, 1.82) is 0 Å². The van der Waals surface area contributed by atoms with E-state index < -0.39 is 0 Å². The van der Waals surface area contributed by atoms with Crippen molar-refractivity contribution in [2.24, 2.45) is 35.1 Å². The van der Waals surface area contributed by atoms with Gasteiger partial charge in [0.25, 0.3) is 0 Å². The Kier molecular flexibility index (Phi) is 6.37. The molecular formula is C14H30N2. The molecule has 0 amide bonds. The Morgan fingerprint density at radius 1 is 0.812 bits per heavy atom. The van der Waals surface area contributed by atoms with E-state index in [1.54, 1.807) is 0 Å². The Morgan fingerprint density at radius 2 is 1.19 bits per heavy atom. The molecule has 0 saturated heterocycles. The first-order chi connectivity index (χ1) is 7.70. The molecule has 96 valence electrons. The smallest absolute Gasteiger partial charge is 0.00772 e. The van der Waals surface area contributed by atoms with E-state index in [1.807, 2.05) is 0 Å². The lowest BCUT2D eigenvalue weighted by Crippen LogP contribution is -2.32. The van der Waals surface area contributed by atoms with Gasteiger partial charge in [-0.1, -0.05) is 13.8 Å². The molecule has 0 aromatic carbocycles. The van der Waals surface area contributed by atoms with Crippen LogP contribution in [0.4, 0.5) is 0 Å². The van der Waals surface area contributed by atoms with Gasteiger partial charge in [-0.15, -0.1) is 0 Å². The van der Waals surface area contributed by atoms with Crippen LogP contribution in [0.15, 0.2) is 0 Å². The van der Waals surface area contributed by atoms with Gasteiger partial charge in [0.2, 0.25) is 0 Å². The molecule has 2 nitrogen and oxygen atoms in total. The monoisotopic (exact) mass is 226 g/mol. The van der Waals surface area contributed by atoms with Crippen LogP contribution in [0, 0.1) is 23.7 Å². The first-order valence-electron chi connectivity index (χ1n) is 7.10. The van der Waals surface area contributed by atoms with Gasteiger partial charge in [-0.25, -0.2) is 0 Å². The van der Waals surface area contributed by atoms with E-state index in [9.17, 15) is 0 Å². The summed E-state index contributed by atoms with van der Waals surface area (Å²) in [5.74, 6) is 3.60. The highest BCUT2D eigenvalue weighted by Crippen LogP contribution is 2.42. The molecule has 1 fully saturated rings. The van der Waals surface area contributed by atoms with E-state index in [4.69, 9.17) is 11.5 Å². The standard InChI is InChI=1S/C14H30N2/c1-11-12(2)14(6-4-10-16)8-7-13(11)5-3-9-15/h11-14H,3-10,15-16H2,1-2H3. The average Bonchev–Trinajstić information content (AvgIpc) is 2.30. The highest BCUT2D eigenvalue weighted by atomic mass is 14.5. The Morgan fingerprint density at radius 3 is 1.50 bits per heavy atom. The zero-order chi connectivity index (χ0) is 12.0. The van der Waals surface area contributed by atoms with Crippen LogP contribution in [0.3, 0.4) is 0 Å². The molecule has 1 saturated carbocycles. The van der Waals surface area contributed by atoms with Crippen LogP contribution in [0.2, 0.25) is 0 Å². The van der Waals surface area contributed by atoms with E-state index in [0.717, 1.165) is 36.8 Å². The lowest BCUT2D eigenvalue weighted by molar-refractivity contribution is 0.101. The summed E-state index contributed by atoms with van der Waals surface area (Å²) in [6, 6.07) is 0. The average molecular weight is 226 g/mol. The summed E-state index contributed by atoms with van der Waals surface area (Å²) < 4.78 is 0. The topological polar surface area (TPSA) is 52.0 Å². The van der Waals surface area contributed by atoms with Gasteiger partial charge in [0.15, 0.2) is 0 Å². The molecule has 2 heteroatoms. The van der Waals surface area contributed by atoms with Crippen molar-refractivity contribution in [2.75, 3.05) is 13.1 Å². The lowest BCUT2D eigenvalue weighted by atomic mass is 9.66. The van der Waals surface area contributed by atoms with Gasteiger partial charge in [-0.05, 0) is 75.3 Å². The molecule has 4 atom stereocenters. The molecule has 0 radical (unpaired) electrons. The second-order valence-corrected chi connectivity index (χ2v) is 5.68.